The van der Waals surface area contributed by atoms with Crippen LogP contribution in [-0.4, -0.2) is 27.3 Å². The van der Waals surface area contributed by atoms with Gasteiger partial charge in [0, 0.05) is 18.8 Å². The van der Waals surface area contributed by atoms with Gasteiger partial charge in [-0.25, -0.2) is 0 Å². The van der Waals surface area contributed by atoms with Gasteiger partial charge in [-0.3, -0.25) is 9.78 Å². The molecule has 0 bridgehead atoms. The summed E-state index contributed by atoms with van der Waals surface area (Å²) in [5.74, 6) is -0.740. The molecule has 0 aliphatic carbocycles. The molecule has 1 heterocycles. The lowest BCUT2D eigenvalue weighted by molar-refractivity contribution is -0.137. The number of hydrogen-bond donors (Lipinski definition) is 2. The maximum absolute atomic E-state index is 10.5. The highest BCUT2D eigenvalue weighted by atomic mass is 16.4. The maximum atomic E-state index is 10.5. The molecule has 134 valence electrons. The van der Waals surface area contributed by atoms with Gasteiger partial charge >= 0.3 is 5.97 Å². The van der Waals surface area contributed by atoms with Crippen molar-refractivity contribution < 1.29 is 15.0 Å². The fraction of sp³-hybridized carbons (Fsp3) is 0.600. The summed E-state index contributed by atoms with van der Waals surface area (Å²) in [6.07, 6.45) is 16.1. The Hall–Kier alpha value is -1.68. The van der Waals surface area contributed by atoms with Crippen molar-refractivity contribution in [2.24, 2.45) is 0 Å². The molecule has 1 unspecified atom stereocenters. The maximum Gasteiger partial charge on any atom is 0.303 e. The third kappa shape index (κ3) is 9.46. The molecular weight excluding hydrogens is 302 g/mol. The first kappa shape index (κ1) is 20.4. The summed E-state index contributed by atoms with van der Waals surface area (Å²) in [4.78, 5) is 14.7. The van der Waals surface area contributed by atoms with Crippen molar-refractivity contribution >= 4 is 5.97 Å². The van der Waals surface area contributed by atoms with E-state index < -0.39 is 5.97 Å². The van der Waals surface area contributed by atoms with Crippen LogP contribution in [0.15, 0.2) is 30.6 Å². The van der Waals surface area contributed by atoms with Gasteiger partial charge in [0.1, 0.15) is 0 Å². The van der Waals surface area contributed by atoms with Crippen LogP contribution in [-0.2, 0) is 17.6 Å². The van der Waals surface area contributed by atoms with Gasteiger partial charge in [-0.15, -0.1) is 0 Å². The number of allylic oxidation sites excluding steroid dienone is 2. The predicted molar refractivity (Wildman–Crippen MR) is 97.0 cm³/mol. The molecule has 4 nitrogen and oxygen atoms in total. The number of nitrogens with zero attached hydrogens (tertiary/aromatic N) is 1. The predicted octanol–water partition coefficient (Wildman–Crippen LogP) is 4.31. The molecule has 0 saturated carbocycles. The zero-order chi connectivity index (χ0) is 17.6. The number of aliphatic carboxylic acids is 1. The number of carboxylic acids is 1. The molecule has 0 fully saturated rings. The van der Waals surface area contributed by atoms with Crippen LogP contribution in [0.25, 0.3) is 0 Å². The number of pyridine rings is 1. The number of unbranched alkanes of at least 4 members (excludes halogenated alkanes) is 3. The molecule has 4 heteroatoms. The summed E-state index contributed by atoms with van der Waals surface area (Å²) in [6.45, 7) is 2.17. The summed E-state index contributed by atoms with van der Waals surface area (Å²) >= 11 is 0. The van der Waals surface area contributed by atoms with Gasteiger partial charge in [0.05, 0.1) is 6.10 Å². The monoisotopic (exact) mass is 333 g/mol. The summed E-state index contributed by atoms with van der Waals surface area (Å²) in [6, 6.07) is 2.03. The van der Waals surface area contributed by atoms with E-state index >= 15 is 0 Å². The number of rotatable bonds is 13. The number of carboxylic acid groups (broad SMARTS) is 1. The van der Waals surface area contributed by atoms with Gasteiger partial charge in [0.15, 0.2) is 0 Å². The van der Waals surface area contributed by atoms with E-state index in [9.17, 15) is 9.90 Å². The molecule has 24 heavy (non-hydrogen) atoms. The average Bonchev–Trinajstić information content (AvgIpc) is 2.57. The second-order valence-electron chi connectivity index (χ2n) is 6.29. The van der Waals surface area contributed by atoms with E-state index in [-0.39, 0.29) is 12.5 Å². The summed E-state index contributed by atoms with van der Waals surface area (Å²) < 4.78 is 0. The van der Waals surface area contributed by atoms with Crippen molar-refractivity contribution in [3.8, 4) is 0 Å². The molecule has 1 rings (SSSR count). The molecule has 0 aliphatic rings. The van der Waals surface area contributed by atoms with Crippen LogP contribution in [0.5, 0.6) is 0 Å². The first-order valence-electron chi connectivity index (χ1n) is 9.10. The minimum Gasteiger partial charge on any atom is -0.481 e. The second-order valence-corrected chi connectivity index (χ2v) is 6.29. The molecule has 1 aromatic heterocycles. The Kier molecular flexibility index (Phi) is 10.8. The quantitative estimate of drug-likeness (QED) is 0.417. The number of aliphatic hydroxyl groups is 1. The second kappa shape index (κ2) is 12.7. The van der Waals surface area contributed by atoms with Gasteiger partial charge in [0.2, 0.25) is 0 Å². The fourth-order valence-corrected chi connectivity index (χ4v) is 2.68. The Morgan fingerprint density at radius 1 is 1.21 bits per heavy atom. The SMILES string of the molecule is CCCCCC(O)CCc1ccncc1CC=CCCCC(=O)O. The lowest BCUT2D eigenvalue weighted by atomic mass is 9.99. The van der Waals surface area contributed by atoms with Crippen molar-refractivity contribution in [2.75, 3.05) is 0 Å². The van der Waals surface area contributed by atoms with E-state index in [0.29, 0.717) is 6.42 Å². The van der Waals surface area contributed by atoms with Crippen LogP contribution in [0.1, 0.15) is 69.4 Å². The van der Waals surface area contributed by atoms with Crippen LogP contribution in [0.4, 0.5) is 0 Å². The fourth-order valence-electron chi connectivity index (χ4n) is 2.68. The lowest BCUT2D eigenvalue weighted by Crippen LogP contribution is -2.08. The Morgan fingerprint density at radius 2 is 2.04 bits per heavy atom. The Labute approximate surface area is 145 Å². The van der Waals surface area contributed by atoms with Crippen LogP contribution in [0.3, 0.4) is 0 Å². The van der Waals surface area contributed by atoms with Gasteiger partial charge in [-0.1, -0.05) is 38.3 Å². The van der Waals surface area contributed by atoms with E-state index in [0.717, 1.165) is 38.5 Å². The van der Waals surface area contributed by atoms with E-state index in [2.05, 4.69) is 18.0 Å². The summed E-state index contributed by atoms with van der Waals surface area (Å²) in [5.41, 5.74) is 2.43. The summed E-state index contributed by atoms with van der Waals surface area (Å²) in [7, 11) is 0. The van der Waals surface area contributed by atoms with E-state index in [1.165, 1.54) is 24.0 Å². The van der Waals surface area contributed by atoms with Crippen LogP contribution in [0.2, 0.25) is 0 Å². The molecule has 0 spiro atoms. The number of carbonyl (C=O) groups is 1. The number of aryl methyl sites for hydroxylation is 1. The highest BCUT2D eigenvalue weighted by Gasteiger charge is 2.07. The molecule has 0 aliphatic heterocycles. The van der Waals surface area contributed by atoms with Gasteiger partial charge in [-0.2, -0.15) is 0 Å². The topological polar surface area (TPSA) is 70.4 Å². The smallest absolute Gasteiger partial charge is 0.303 e. The minimum atomic E-state index is -0.740. The Bertz CT molecular complexity index is 499. The minimum absolute atomic E-state index is 0.218. The lowest BCUT2D eigenvalue weighted by Gasteiger charge is -2.12. The van der Waals surface area contributed by atoms with Crippen LogP contribution >= 0.6 is 0 Å². The highest BCUT2D eigenvalue weighted by Crippen LogP contribution is 2.15. The molecule has 1 atom stereocenters. The van der Waals surface area contributed by atoms with Crippen molar-refractivity contribution in [2.45, 2.75) is 77.2 Å². The van der Waals surface area contributed by atoms with E-state index in [1.807, 2.05) is 18.3 Å². The van der Waals surface area contributed by atoms with Crippen molar-refractivity contribution in [3.05, 3.63) is 41.7 Å². The zero-order valence-electron chi connectivity index (χ0n) is 14.8. The molecule has 1 aromatic rings. The highest BCUT2D eigenvalue weighted by molar-refractivity contribution is 5.66. The van der Waals surface area contributed by atoms with Gasteiger partial charge < -0.3 is 10.2 Å². The number of aromatic nitrogens is 1. The van der Waals surface area contributed by atoms with Gasteiger partial charge in [-0.05, 0) is 55.7 Å². The Morgan fingerprint density at radius 3 is 2.79 bits per heavy atom. The van der Waals surface area contributed by atoms with Crippen molar-refractivity contribution in [3.63, 3.8) is 0 Å². The normalized spacial score (nSPS) is 12.6. The third-order valence-corrected chi connectivity index (χ3v) is 4.16. The van der Waals surface area contributed by atoms with E-state index in [4.69, 9.17) is 5.11 Å². The molecule has 0 aromatic carbocycles. The number of aliphatic hydroxyl groups excluding tert-OH is 1. The third-order valence-electron chi connectivity index (χ3n) is 4.16. The summed E-state index contributed by atoms with van der Waals surface area (Å²) in [5, 5.41) is 18.7. The van der Waals surface area contributed by atoms with Gasteiger partial charge in [0.25, 0.3) is 0 Å². The standard InChI is InChI=1S/C20H31NO3/c1-2-3-6-10-19(22)13-12-17-14-15-21-16-18(17)9-7-4-5-8-11-20(23)24/h4,7,14-16,19,22H,2-3,5-6,8-13H2,1H3,(H,23,24). The number of hydrogen-bond acceptors (Lipinski definition) is 3. The first-order chi connectivity index (χ1) is 11.6. The molecular formula is C20H31NO3. The largest absolute Gasteiger partial charge is 0.481 e. The molecule has 0 saturated heterocycles. The molecule has 2 N–H and O–H groups in total. The van der Waals surface area contributed by atoms with E-state index in [1.54, 1.807) is 6.20 Å². The van der Waals surface area contributed by atoms with Crippen LogP contribution in [0, 0.1) is 0 Å². The molecule has 0 amide bonds. The first-order valence-corrected chi connectivity index (χ1v) is 9.10. The van der Waals surface area contributed by atoms with Crippen molar-refractivity contribution in [1.29, 1.82) is 0 Å². The average molecular weight is 333 g/mol. The Balaban J connectivity index is 2.38. The zero-order valence-corrected chi connectivity index (χ0v) is 14.8. The van der Waals surface area contributed by atoms with Crippen molar-refractivity contribution in [1.82, 2.24) is 4.98 Å². The van der Waals surface area contributed by atoms with Crippen LogP contribution < -0.4 is 0 Å². The molecule has 0 radical (unpaired) electrons.